The SMILES string of the molecule is O=C1CCC(c2ccc(Cl)cc2)(C2(c3ccc(Cl)cc3)CCC(=O)O2)O1. The van der Waals surface area contributed by atoms with Crippen LogP contribution in [-0.2, 0) is 30.3 Å². The molecule has 2 aliphatic rings. The van der Waals surface area contributed by atoms with Crippen LogP contribution in [0.3, 0.4) is 0 Å². The van der Waals surface area contributed by atoms with Crippen LogP contribution >= 0.6 is 23.2 Å². The minimum Gasteiger partial charge on any atom is -0.449 e. The zero-order chi connectivity index (χ0) is 18.4. The summed E-state index contributed by atoms with van der Waals surface area (Å²) in [6.45, 7) is 0. The maximum Gasteiger partial charge on any atom is 0.307 e. The van der Waals surface area contributed by atoms with Crippen molar-refractivity contribution < 1.29 is 19.1 Å². The van der Waals surface area contributed by atoms with E-state index in [9.17, 15) is 9.59 Å². The highest BCUT2D eigenvalue weighted by Gasteiger charge is 2.63. The average Bonchev–Trinajstić information content (AvgIpc) is 3.21. The van der Waals surface area contributed by atoms with Crippen LogP contribution in [0.1, 0.15) is 36.8 Å². The Labute approximate surface area is 161 Å². The largest absolute Gasteiger partial charge is 0.449 e. The third-order valence-electron chi connectivity index (χ3n) is 5.21. The van der Waals surface area contributed by atoms with Gasteiger partial charge in [0.1, 0.15) is 0 Å². The van der Waals surface area contributed by atoms with E-state index in [1.165, 1.54) is 0 Å². The quantitative estimate of drug-likeness (QED) is 0.708. The van der Waals surface area contributed by atoms with E-state index in [0.717, 1.165) is 11.1 Å². The Kier molecular flexibility index (Phi) is 4.20. The van der Waals surface area contributed by atoms with Crippen molar-refractivity contribution in [2.24, 2.45) is 0 Å². The molecule has 2 atom stereocenters. The molecular formula is C20H16Cl2O4. The number of rotatable bonds is 3. The molecule has 2 unspecified atom stereocenters. The molecule has 2 aromatic rings. The minimum atomic E-state index is -1.09. The fourth-order valence-corrected chi connectivity index (χ4v) is 4.28. The first kappa shape index (κ1) is 17.4. The van der Waals surface area contributed by atoms with E-state index in [-0.39, 0.29) is 24.8 Å². The van der Waals surface area contributed by atoms with Gasteiger partial charge in [-0.15, -0.1) is 0 Å². The fraction of sp³-hybridized carbons (Fsp3) is 0.300. The lowest BCUT2D eigenvalue weighted by Crippen LogP contribution is -2.49. The molecule has 4 nitrogen and oxygen atoms in total. The second kappa shape index (κ2) is 6.29. The Hall–Kier alpha value is -2.04. The number of carbonyl (C=O) groups is 2. The highest BCUT2D eigenvalue weighted by Crippen LogP contribution is 2.57. The molecule has 0 bridgehead atoms. The molecule has 0 N–H and O–H groups in total. The van der Waals surface area contributed by atoms with Crippen molar-refractivity contribution in [3.63, 3.8) is 0 Å². The molecule has 2 aliphatic heterocycles. The zero-order valence-corrected chi connectivity index (χ0v) is 15.3. The molecule has 6 heteroatoms. The predicted octanol–water partition coefficient (Wildman–Crippen LogP) is 4.76. The number of cyclic esters (lactones) is 2. The van der Waals surface area contributed by atoms with Crippen LogP contribution in [0.25, 0.3) is 0 Å². The normalized spacial score (nSPS) is 28.1. The number of halogens is 2. The molecule has 26 heavy (non-hydrogen) atoms. The van der Waals surface area contributed by atoms with Crippen molar-refractivity contribution in [2.75, 3.05) is 0 Å². The van der Waals surface area contributed by atoms with Crippen LogP contribution in [0.4, 0.5) is 0 Å². The van der Waals surface area contributed by atoms with Gasteiger partial charge < -0.3 is 9.47 Å². The summed E-state index contributed by atoms with van der Waals surface area (Å²) in [6.07, 6.45) is 1.36. The zero-order valence-electron chi connectivity index (χ0n) is 13.8. The first-order chi connectivity index (χ1) is 12.4. The lowest BCUT2D eigenvalue weighted by Gasteiger charge is -2.44. The van der Waals surface area contributed by atoms with E-state index < -0.39 is 11.2 Å². The molecule has 0 saturated carbocycles. The van der Waals surface area contributed by atoms with Gasteiger partial charge in [0.2, 0.25) is 0 Å². The predicted molar refractivity (Wildman–Crippen MR) is 96.9 cm³/mol. The third kappa shape index (κ3) is 2.60. The van der Waals surface area contributed by atoms with E-state index in [1.54, 1.807) is 24.3 Å². The summed E-state index contributed by atoms with van der Waals surface area (Å²) in [5, 5.41) is 1.16. The molecule has 2 heterocycles. The molecule has 2 aromatic carbocycles. The van der Waals surface area contributed by atoms with Crippen molar-refractivity contribution in [3.8, 4) is 0 Å². The smallest absolute Gasteiger partial charge is 0.307 e. The van der Waals surface area contributed by atoms with Crippen molar-refractivity contribution in [1.82, 2.24) is 0 Å². The molecule has 0 spiro atoms. The molecule has 4 rings (SSSR count). The summed E-state index contributed by atoms with van der Waals surface area (Å²) in [7, 11) is 0. The molecule has 0 amide bonds. The van der Waals surface area contributed by atoms with Crippen molar-refractivity contribution in [2.45, 2.75) is 36.9 Å². The third-order valence-corrected chi connectivity index (χ3v) is 5.72. The first-order valence-corrected chi connectivity index (χ1v) is 9.17. The van der Waals surface area contributed by atoms with Crippen molar-refractivity contribution in [1.29, 1.82) is 0 Å². The van der Waals surface area contributed by atoms with Gasteiger partial charge in [-0.05, 0) is 24.3 Å². The number of carbonyl (C=O) groups excluding carboxylic acids is 2. The van der Waals surface area contributed by atoms with E-state index in [2.05, 4.69) is 0 Å². The molecule has 2 fully saturated rings. The van der Waals surface area contributed by atoms with Gasteiger partial charge in [0, 0.05) is 46.9 Å². The highest BCUT2D eigenvalue weighted by molar-refractivity contribution is 6.30. The van der Waals surface area contributed by atoms with Gasteiger partial charge in [-0.25, -0.2) is 0 Å². The lowest BCUT2D eigenvalue weighted by molar-refractivity contribution is -0.197. The van der Waals surface area contributed by atoms with E-state index in [1.807, 2.05) is 24.3 Å². The van der Waals surface area contributed by atoms with Gasteiger partial charge in [0.15, 0.2) is 11.2 Å². The summed E-state index contributed by atoms with van der Waals surface area (Å²) in [4.78, 5) is 24.3. The summed E-state index contributed by atoms with van der Waals surface area (Å²) in [5.41, 5.74) is -0.654. The van der Waals surface area contributed by atoms with Gasteiger partial charge in [0.25, 0.3) is 0 Å². The number of hydrogen-bond donors (Lipinski definition) is 0. The first-order valence-electron chi connectivity index (χ1n) is 8.41. The Bertz CT molecular complexity index is 789. The minimum absolute atomic E-state index is 0.259. The molecule has 134 valence electrons. The Balaban J connectivity index is 1.94. The van der Waals surface area contributed by atoms with Crippen molar-refractivity contribution in [3.05, 3.63) is 69.7 Å². The Morgan fingerprint density at radius 2 is 1.00 bits per heavy atom. The standard InChI is InChI=1S/C20H16Cl2O4/c21-15-5-1-13(2-6-15)19(11-9-17(23)25-19)20(12-10-18(24)26-20)14-3-7-16(22)8-4-14/h1-8H,9-12H2. The van der Waals surface area contributed by atoms with Gasteiger partial charge in [-0.2, -0.15) is 0 Å². The van der Waals surface area contributed by atoms with Gasteiger partial charge in [-0.3, -0.25) is 9.59 Å². The monoisotopic (exact) mass is 390 g/mol. The van der Waals surface area contributed by atoms with Crippen LogP contribution < -0.4 is 0 Å². The van der Waals surface area contributed by atoms with Gasteiger partial charge >= 0.3 is 11.9 Å². The molecule has 0 aromatic heterocycles. The number of esters is 2. The van der Waals surface area contributed by atoms with Gasteiger partial charge in [-0.1, -0.05) is 47.5 Å². The second-order valence-electron chi connectivity index (χ2n) is 6.62. The van der Waals surface area contributed by atoms with Crippen LogP contribution in [-0.4, -0.2) is 11.9 Å². The van der Waals surface area contributed by atoms with Gasteiger partial charge in [0.05, 0.1) is 0 Å². The van der Waals surface area contributed by atoms with Crippen LogP contribution in [0.2, 0.25) is 10.0 Å². The molecule has 0 radical (unpaired) electrons. The molecule has 0 aliphatic carbocycles. The Morgan fingerprint density at radius 3 is 1.27 bits per heavy atom. The highest BCUT2D eigenvalue weighted by atomic mass is 35.5. The Morgan fingerprint density at radius 1 is 0.654 bits per heavy atom. The van der Waals surface area contributed by atoms with Crippen LogP contribution in [0.5, 0.6) is 0 Å². The van der Waals surface area contributed by atoms with E-state index >= 15 is 0 Å². The lowest BCUT2D eigenvalue weighted by atomic mass is 9.70. The summed E-state index contributed by atoms with van der Waals surface area (Å²) < 4.78 is 11.8. The fourth-order valence-electron chi connectivity index (χ4n) is 4.03. The van der Waals surface area contributed by atoms with E-state index in [4.69, 9.17) is 32.7 Å². The summed E-state index contributed by atoms with van der Waals surface area (Å²) >= 11 is 12.1. The molecule has 2 saturated heterocycles. The maximum atomic E-state index is 12.2. The topological polar surface area (TPSA) is 52.6 Å². The van der Waals surface area contributed by atoms with Crippen LogP contribution in [0.15, 0.2) is 48.5 Å². The summed E-state index contributed by atoms with van der Waals surface area (Å²) in [5.74, 6) is -0.618. The number of benzene rings is 2. The van der Waals surface area contributed by atoms with Crippen LogP contribution in [0, 0.1) is 0 Å². The molecular weight excluding hydrogens is 375 g/mol. The number of ether oxygens (including phenoxy) is 2. The van der Waals surface area contributed by atoms with Crippen molar-refractivity contribution >= 4 is 35.1 Å². The average molecular weight is 391 g/mol. The van der Waals surface area contributed by atoms with E-state index in [0.29, 0.717) is 22.9 Å². The second-order valence-corrected chi connectivity index (χ2v) is 7.49. The number of hydrogen-bond acceptors (Lipinski definition) is 4. The maximum absolute atomic E-state index is 12.2. The summed E-state index contributed by atoms with van der Waals surface area (Å²) in [6, 6.07) is 14.3.